The Hall–Kier alpha value is -3.12. The fourth-order valence-electron chi connectivity index (χ4n) is 3.52. The highest BCUT2D eigenvalue weighted by Crippen LogP contribution is 2.43. The molecule has 0 unspecified atom stereocenters. The number of halogens is 1. The summed E-state index contributed by atoms with van der Waals surface area (Å²) in [6.07, 6.45) is 0. The highest BCUT2D eigenvalue weighted by Gasteiger charge is 2.25. The van der Waals surface area contributed by atoms with E-state index in [1.54, 1.807) is 0 Å². The van der Waals surface area contributed by atoms with Crippen molar-refractivity contribution in [1.82, 2.24) is 0 Å². The van der Waals surface area contributed by atoms with Crippen molar-refractivity contribution in [1.29, 1.82) is 0 Å². The molecule has 0 bridgehead atoms. The van der Waals surface area contributed by atoms with Gasteiger partial charge in [0.1, 0.15) is 0 Å². The molecule has 1 N–H and O–H groups in total. The second-order valence-electron chi connectivity index (χ2n) is 6.52. The molecule has 0 aromatic heterocycles. The molecular formula is C25H17IO3. The van der Waals surface area contributed by atoms with Crippen molar-refractivity contribution < 1.29 is 13.0 Å². The predicted octanol–water partition coefficient (Wildman–Crippen LogP) is 6.87. The summed E-state index contributed by atoms with van der Waals surface area (Å²) >= 11 is -1.72. The van der Waals surface area contributed by atoms with E-state index in [1.165, 1.54) is 0 Å². The molecule has 29 heavy (non-hydrogen) atoms. The van der Waals surface area contributed by atoms with E-state index in [4.69, 9.17) is 0 Å². The van der Waals surface area contributed by atoms with Gasteiger partial charge in [-0.2, -0.15) is 0 Å². The van der Waals surface area contributed by atoms with Crippen molar-refractivity contribution in [3.63, 3.8) is 0 Å². The number of hydrogen-bond acceptors (Lipinski definition) is 2. The second kappa shape index (κ2) is 8.49. The molecule has 0 fully saturated rings. The topological polar surface area (TPSA) is 54.4 Å². The van der Waals surface area contributed by atoms with Crippen LogP contribution in [0.1, 0.15) is 10.4 Å². The molecule has 0 heterocycles. The Morgan fingerprint density at radius 1 is 0.655 bits per heavy atom. The molecule has 0 saturated heterocycles. The van der Waals surface area contributed by atoms with Crippen LogP contribution < -0.4 is 0 Å². The number of carbonyl (C=O) groups is 1. The van der Waals surface area contributed by atoms with Crippen molar-refractivity contribution in [3.8, 4) is 33.4 Å². The molecule has 4 rings (SSSR count). The number of aromatic carboxylic acids is 1. The maximum Gasteiger partial charge on any atom is 0.337 e. The van der Waals surface area contributed by atoms with Gasteiger partial charge in [-0.3, -0.25) is 3.07 Å². The number of carboxylic acids is 1. The van der Waals surface area contributed by atoms with Crippen LogP contribution in [-0.4, -0.2) is 11.1 Å². The van der Waals surface area contributed by atoms with Crippen molar-refractivity contribution in [3.05, 3.63) is 106 Å². The third-order valence-electron chi connectivity index (χ3n) is 4.79. The van der Waals surface area contributed by atoms with Crippen LogP contribution in [0.5, 0.6) is 0 Å². The van der Waals surface area contributed by atoms with Gasteiger partial charge in [0.25, 0.3) is 0 Å². The van der Waals surface area contributed by atoms with Gasteiger partial charge in [0.15, 0.2) is 21.2 Å². The summed E-state index contributed by atoms with van der Waals surface area (Å²) in [6.45, 7) is 0. The molecule has 142 valence electrons. The fourth-order valence-corrected chi connectivity index (χ4v) is 4.94. The van der Waals surface area contributed by atoms with Crippen LogP contribution in [0.25, 0.3) is 33.4 Å². The minimum absolute atomic E-state index is 0.124. The molecule has 0 aliphatic carbocycles. The minimum atomic E-state index is -1.72. The number of benzene rings is 4. The fraction of sp³-hybridized carbons (Fsp3) is 0. The van der Waals surface area contributed by atoms with E-state index < -0.39 is 27.2 Å². The highest BCUT2D eigenvalue weighted by atomic mass is 127. The molecule has 4 aromatic rings. The SMILES string of the molecule is O=Ic1c(-c2ccccc2)cc(-c2ccccc2)c(-c2ccccc2)c1C(=O)O. The summed E-state index contributed by atoms with van der Waals surface area (Å²) in [7, 11) is 0. The van der Waals surface area contributed by atoms with Gasteiger partial charge in [0.2, 0.25) is 0 Å². The number of carboxylic acid groups (broad SMARTS) is 1. The molecule has 4 heteroatoms. The van der Waals surface area contributed by atoms with Crippen LogP contribution in [0.3, 0.4) is 0 Å². The first-order chi connectivity index (χ1) is 14.2. The van der Waals surface area contributed by atoms with Crippen molar-refractivity contribution >= 4 is 27.2 Å². The normalized spacial score (nSPS) is 10.6. The van der Waals surface area contributed by atoms with Crippen LogP contribution in [0.2, 0.25) is 0 Å². The van der Waals surface area contributed by atoms with E-state index >= 15 is 0 Å². The molecule has 4 aromatic carbocycles. The first-order valence-corrected chi connectivity index (χ1v) is 11.0. The van der Waals surface area contributed by atoms with E-state index in [0.717, 1.165) is 22.3 Å². The van der Waals surface area contributed by atoms with E-state index in [1.807, 2.05) is 97.1 Å². The summed E-state index contributed by atoms with van der Waals surface area (Å²) in [4.78, 5) is 12.4. The van der Waals surface area contributed by atoms with Crippen LogP contribution >= 0.6 is 21.2 Å². The van der Waals surface area contributed by atoms with Gasteiger partial charge in [-0.05, 0) is 33.9 Å². The Labute approximate surface area is 179 Å². The Bertz CT molecular complexity index is 1170. The van der Waals surface area contributed by atoms with Crippen LogP contribution in [-0.2, 0) is 3.07 Å². The summed E-state index contributed by atoms with van der Waals surface area (Å²) < 4.78 is 12.7. The third-order valence-corrected chi connectivity index (χ3v) is 6.35. The maximum atomic E-state index is 12.4. The Morgan fingerprint density at radius 3 is 1.55 bits per heavy atom. The number of hydrogen-bond donors (Lipinski definition) is 1. The summed E-state index contributed by atoms with van der Waals surface area (Å²) in [6, 6.07) is 30.7. The van der Waals surface area contributed by atoms with E-state index in [2.05, 4.69) is 0 Å². The summed E-state index contributed by atoms with van der Waals surface area (Å²) in [5.74, 6) is -1.07. The third kappa shape index (κ3) is 3.76. The van der Waals surface area contributed by atoms with E-state index in [0.29, 0.717) is 14.7 Å². The van der Waals surface area contributed by atoms with Crippen molar-refractivity contribution in [2.45, 2.75) is 0 Å². The summed E-state index contributed by atoms with van der Waals surface area (Å²) in [5.41, 5.74) is 4.83. The van der Waals surface area contributed by atoms with E-state index in [-0.39, 0.29) is 5.56 Å². The van der Waals surface area contributed by atoms with Gasteiger partial charge in [-0.25, -0.2) is 4.79 Å². The lowest BCUT2D eigenvalue weighted by Gasteiger charge is -2.18. The van der Waals surface area contributed by atoms with E-state index in [9.17, 15) is 13.0 Å². The lowest BCUT2D eigenvalue weighted by atomic mass is 9.87. The predicted molar refractivity (Wildman–Crippen MR) is 123 cm³/mol. The smallest absolute Gasteiger partial charge is 0.337 e. The van der Waals surface area contributed by atoms with Crippen molar-refractivity contribution in [2.75, 3.05) is 0 Å². The molecule has 0 radical (unpaired) electrons. The zero-order chi connectivity index (χ0) is 20.2. The zero-order valence-electron chi connectivity index (χ0n) is 15.4. The van der Waals surface area contributed by atoms with Gasteiger partial charge in [-0.15, -0.1) is 0 Å². The largest absolute Gasteiger partial charge is 0.478 e. The lowest BCUT2D eigenvalue weighted by Crippen LogP contribution is -2.07. The monoisotopic (exact) mass is 492 g/mol. The van der Waals surface area contributed by atoms with Gasteiger partial charge < -0.3 is 5.11 Å². The average molecular weight is 492 g/mol. The average Bonchev–Trinajstić information content (AvgIpc) is 2.79. The van der Waals surface area contributed by atoms with Crippen molar-refractivity contribution in [2.24, 2.45) is 0 Å². The molecule has 3 nitrogen and oxygen atoms in total. The molecule has 0 atom stereocenters. The van der Waals surface area contributed by atoms with Crippen LogP contribution in [0.4, 0.5) is 0 Å². The first kappa shape index (κ1) is 19.2. The molecule has 0 spiro atoms. The van der Waals surface area contributed by atoms with Crippen LogP contribution in [0, 0.1) is 3.57 Å². The zero-order valence-corrected chi connectivity index (χ0v) is 17.5. The lowest BCUT2D eigenvalue weighted by molar-refractivity contribution is 0.0696. The Balaban J connectivity index is 2.17. The van der Waals surface area contributed by atoms with Gasteiger partial charge in [-0.1, -0.05) is 91.0 Å². The standard InChI is InChI=1S/C25H17IO3/c27-25(28)23-22(19-14-8-3-9-15-19)20(17-10-4-1-5-11-17)16-21(24(23)26-29)18-12-6-2-7-13-18/h1-16H,(H,27,28). The van der Waals surface area contributed by atoms with Gasteiger partial charge >= 0.3 is 5.97 Å². The second-order valence-corrected chi connectivity index (χ2v) is 8.04. The van der Waals surface area contributed by atoms with Gasteiger partial charge in [0, 0.05) is 5.56 Å². The number of rotatable bonds is 5. The Kier molecular flexibility index (Phi) is 5.62. The summed E-state index contributed by atoms with van der Waals surface area (Å²) in [5, 5.41) is 10.2. The van der Waals surface area contributed by atoms with Gasteiger partial charge in [0.05, 0.1) is 9.13 Å². The first-order valence-electron chi connectivity index (χ1n) is 9.08. The Morgan fingerprint density at radius 2 is 1.10 bits per heavy atom. The highest BCUT2D eigenvalue weighted by molar-refractivity contribution is 14.1. The quantitative estimate of drug-likeness (QED) is 0.310. The molecule has 0 saturated carbocycles. The molecule has 0 aliphatic rings. The maximum absolute atomic E-state index is 12.4. The van der Waals surface area contributed by atoms with Crippen LogP contribution in [0.15, 0.2) is 97.1 Å². The minimum Gasteiger partial charge on any atom is -0.478 e. The molecule has 0 aliphatic heterocycles. The molecular weight excluding hydrogens is 475 g/mol. The molecule has 0 amide bonds.